The summed E-state index contributed by atoms with van der Waals surface area (Å²) in [7, 11) is 0. The molecule has 0 spiro atoms. The molecule has 1 aromatic heterocycles. The summed E-state index contributed by atoms with van der Waals surface area (Å²) < 4.78 is 0.948. The van der Waals surface area contributed by atoms with Crippen LogP contribution in [0.25, 0.3) is 0 Å². The minimum atomic E-state index is 0.557. The van der Waals surface area contributed by atoms with Gasteiger partial charge in [0, 0.05) is 40.0 Å². The lowest BCUT2D eigenvalue weighted by Gasteiger charge is -2.23. The van der Waals surface area contributed by atoms with E-state index >= 15 is 0 Å². The van der Waals surface area contributed by atoms with E-state index < -0.39 is 0 Å². The van der Waals surface area contributed by atoms with E-state index in [1.54, 1.807) is 11.3 Å². The van der Waals surface area contributed by atoms with Crippen molar-refractivity contribution in [2.45, 2.75) is 24.1 Å². The number of thioether (sulfide) groups is 2. The highest BCUT2D eigenvalue weighted by Crippen LogP contribution is 2.39. The molecule has 0 amide bonds. The van der Waals surface area contributed by atoms with Crippen LogP contribution in [0.1, 0.15) is 22.9 Å². The lowest BCUT2D eigenvalue weighted by molar-refractivity contribution is 0.534. The maximum absolute atomic E-state index is 6.08. The highest BCUT2D eigenvalue weighted by Gasteiger charge is 2.25. The van der Waals surface area contributed by atoms with Crippen LogP contribution in [0.2, 0.25) is 4.34 Å². The Hall–Kier alpha value is 0.650. The van der Waals surface area contributed by atoms with Crippen LogP contribution in [-0.4, -0.2) is 29.1 Å². The third-order valence-corrected chi connectivity index (χ3v) is 7.51. The topological polar surface area (TPSA) is 12.0 Å². The Morgan fingerprint density at radius 3 is 3.18 bits per heavy atom. The molecule has 17 heavy (non-hydrogen) atoms. The number of nitrogens with one attached hydrogen (secondary N) is 1. The molecular formula is C12H16ClNS3. The zero-order chi connectivity index (χ0) is 11.7. The van der Waals surface area contributed by atoms with E-state index in [1.165, 1.54) is 40.5 Å². The first kappa shape index (κ1) is 12.7. The molecule has 1 saturated heterocycles. The number of aryl methyl sites for hydroxylation is 1. The van der Waals surface area contributed by atoms with Gasteiger partial charge < -0.3 is 5.32 Å². The normalized spacial score (nSPS) is 28.3. The molecule has 2 unspecified atom stereocenters. The Kier molecular flexibility index (Phi) is 4.28. The molecule has 5 heteroatoms. The van der Waals surface area contributed by atoms with Gasteiger partial charge in [0.1, 0.15) is 0 Å². The van der Waals surface area contributed by atoms with Crippen molar-refractivity contribution >= 4 is 46.5 Å². The van der Waals surface area contributed by atoms with Gasteiger partial charge in [-0.3, -0.25) is 0 Å². The van der Waals surface area contributed by atoms with Crippen LogP contribution < -0.4 is 5.32 Å². The molecule has 0 aromatic carbocycles. The zero-order valence-corrected chi connectivity index (χ0v) is 12.8. The average Bonchev–Trinajstić information content (AvgIpc) is 2.87. The number of hydrogen-bond acceptors (Lipinski definition) is 4. The molecule has 1 fully saturated rings. The van der Waals surface area contributed by atoms with Gasteiger partial charge in [0.2, 0.25) is 0 Å². The van der Waals surface area contributed by atoms with Crippen LogP contribution in [0.15, 0.2) is 6.07 Å². The van der Waals surface area contributed by atoms with Crippen LogP contribution >= 0.6 is 46.5 Å². The molecule has 1 aliphatic carbocycles. The van der Waals surface area contributed by atoms with Gasteiger partial charge in [0.25, 0.3) is 0 Å². The van der Waals surface area contributed by atoms with E-state index in [0.717, 1.165) is 16.1 Å². The fraction of sp³-hybridized carbons (Fsp3) is 0.667. The van der Waals surface area contributed by atoms with Crippen molar-refractivity contribution < 1.29 is 0 Å². The standard InChI is InChI=1S/C12H16ClNS3/c13-12-5-9-10(1-2-11(9)17-12)14-6-8-7-15-3-4-16-8/h5,8,10,14H,1-4,6-7H2. The van der Waals surface area contributed by atoms with E-state index in [-0.39, 0.29) is 0 Å². The number of hydrogen-bond donors (Lipinski definition) is 1. The third-order valence-electron chi connectivity index (χ3n) is 3.32. The van der Waals surface area contributed by atoms with E-state index in [9.17, 15) is 0 Å². The Morgan fingerprint density at radius 1 is 1.41 bits per heavy atom. The third kappa shape index (κ3) is 2.98. The van der Waals surface area contributed by atoms with Gasteiger partial charge >= 0.3 is 0 Å². The van der Waals surface area contributed by atoms with E-state index in [1.807, 2.05) is 0 Å². The summed E-state index contributed by atoms with van der Waals surface area (Å²) in [4.78, 5) is 1.50. The van der Waals surface area contributed by atoms with Gasteiger partial charge in [-0.05, 0) is 24.5 Å². The summed E-state index contributed by atoms with van der Waals surface area (Å²) in [6.07, 6.45) is 2.46. The molecule has 2 heterocycles. The van der Waals surface area contributed by atoms with Crippen molar-refractivity contribution in [1.82, 2.24) is 5.32 Å². The second-order valence-corrected chi connectivity index (χ2v) is 8.82. The Labute approximate surface area is 120 Å². The number of halogens is 1. The van der Waals surface area contributed by atoms with Gasteiger partial charge in [0.15, 0.2) is 0 Å². The molecule has 0 saturated carbocycles. The Morgan fingerprint density at radius 2 is 2.35 bits per heavy atom. The first-order valence-electron chi connectivity index (χ1n) is 6.04. The second kappa shape index (κ2) is 5.74. The summed E-state index contributed by atoms with van der Waals surface area (Å²) in [6.45, 7) is 1.15. The van der Waals surface area contributed by atoms with Crippen LogP contribution in [0.3, 0.4) is 0 Å². The highest BCUT2D eigenvalue weighted by molar-refractivity contribution is 8.06. The molecule has 1 nitrogen and oxygen atoms in total. The Bertz CT molecular complexity index is 387. The van der Waals surface area contributed by atoms with Gasteiger partial charge in [-0.2, -0.15) is 23.5 Å². The summed E-state index contributed by atoms with van der Waals surface area (Å²) in [5, 5.41) is 4.53. The first-order chi connectivity index (χ1) is 8.33. The molecule has 1 aromatic rings. The molecule has 2 aliphatic rings. The SMILES string of the molecule is Clc1cc2c(s1)CCC2NCC1CSCCS1. The van der Waals surface area contributed by atoms with Gasteiger partial charge in [-0.15, -0.1) is 11.3 Å². The van der Waals surface area contributed by atoms with Crippen molar-refractivity contribution in [3.05, 3.63) is 20.8 Å². The lowest BCUT2D eigenvalue weighted by atomic mass is 10.2. The molecule has 2 atom stereocenters. The van der Waals surface area contributed by atoms with E-state index in [0.29, 0.717) is 6.04 Å². The maximum atomic E-state index is 6.08. The zero-order valence-electron chi connectivity index (χ0n) is 9.58. The number of thiophene rings is 1. The predicted octanol–water partition coefficient (Wildman–Crippen LogP) is 3.83. The van der Waals surface area contributed by atoms with Crippen molar-refractivity contribution in [2.24, 2.45) is 0 Å². The van der Waals surface area contributed by atoms with Crippen molar-refractivity contribution in [3.8, 4) is 0 Å². The van der Waals surface area contributed by atoms with Crippen LogP contribution in [0, 0.1) is 0 Å². The second-order valence-electron chi connectivity index (χ2n) is 4.50. The Balaban J connectivity index is 1.56. The van der Waals surface area contributed by atoms with E-state index in [2.05, 4.69) is 34.9 Å². The maximum Gasteiger partial charge on any atom is 0.0934 e. The van der Waals surface area contributed by atoms with Gasteiger partial charge in [-0.25, -0.2) is 0 Å². The minimum Gasteiger partial charge on any atom is -0.309 e. The predicted molar refractivity (Wildman–Crippen MR) is 82.0 cm³/mol. The van der Waals surface area contributed by atoms with Crippen molar-refractivity contribution in [3.63, 3.8) is 0 Å². The fourth-order valence-electron chi connectivity index (χ4n) is 2.47. The van der Waals surface area contributed by atoms with Crippen LogP contribution in [0.4, 0.5) is 0 Å². The van der Waals surface area contributed by atoms with Crippen molar-refractivity contribution in [1.29, 1.82) is 0 Å². The molecule has 3 rings (SSSR count). The number of rotatable bonds is 3. The quantitative estimate of drug-likeness (QED) is 0.911. The fourth-order valence-corrected chi connectivity index (χ4v) is 6.45. The smallest absolute Gasteiger partial charge is 0.0934 e. The first-order valence-corrected chi connectivity index (χ1v) is 9.43. The molecule has 0 radical (unpaired) electrons. The highest BCUT2D eigenvalue weighted by atomic mass is 35.5. The minimum absolute atomic E-state index is 0.557. The number of fused-ring (bicyclic) bond motifs is 1. The van der Waals surface area contributed by atoms with Crippen molar-refractivity contribution in [2.75, 3.05) is 23.8 Å². The van der Waals surface area contributed by atoms with Gasteiger partial charge in [-0.1, -0.05) is 11.6 Å². The monoisotopic (exact) mass is 305 g/mol. The molecule has 1 N–H and O–H groups in total. The summed E-state index contributed by atoms with van der Waals surface area (Å²) in [5.41, 5.74) is 1.47. The molecule has 0 bridgehead atoms. The molecular weight excluding hydrogens is 290 g/mol. The largest absolute Gasteiger partial charge is 0.309 e. The lowest BCUT2D eigenvalue weighted by Crippen LogP contribution is -2.31. The van der Waals surface area contributed by atoms with Crippen LogP contribution in [-0.2, 0) is 6.42 Å². The summed E-state index contributed by atoms with van der Waals surface area (Å²) in [6, 6.07) is 2.72. The van der Waals surface area contributed by atoms with Crippen LogP contribution in [0.5, 0.6) is 0 Å². The van der Waals surface area contributed by atoms with Gasteiger partial charge in [0.05, 0.1) is 4.34 Å². The summed E-state index contributed by atoms with van der Waals surface area (Å²) >= 11 is 12.1. The average molecular weight is 306 g/mol. The summed E-state index contributed by atoms with van der Waals surface area (Å²) in [5.74, 6) is 3.95. The molecule has 94 valence electrons. The van der Waals surface area contributed by atoms with E-state index in [4.69, 9.17) is 11.6 Å². The molecule has 1 aliphatic heterocycles.